The highest BCUT2D eigenvalue weighted by molar-refractivity contribution is 4.88. The van der Waals surface area contributed by atoms with E-state index in [0.717, 1.165) is 0 Å². The van der Waals surface area contributed by atoms with E-state index in [-0.39, 0.29) is 12.6 Å². The molecule has 60 valence electrons. The number of aliphatic hydroxyl groups excluding tert-OH is 3. The Morgan fingerprint density at radius 3 is 2.70 bits per heavy atom. The zero-order valence-electron chi connectivity index (χ0n) is 5.70. The van der Waals surface area contributed by atoms with Crippen LogP contribution >= 0.6 is 0 Å². The predicted octanol–water partition coefficient (Wildman–Crippen LogP) is -1.94. The molecule has 0 amide bonds. The number of hydrogen-bond acceptors (Lipinski definition) is 4. The highest BCUT2D eigenvalue weighted by atomic mass is 16.3. The predicted molar refractivity (Wildman–Crippen MR) is 35.5 cm³/mol. The van der Waals surface area contributed by atoms with Gasteiger partial charge in [0.25, 0.3) is 0 Å². The molecule has 0 unspecified atom stereocenters. The van der Waals surface area contributed by atoms with Gasteiger partial charge in [0.2, 0.25) is 0 Å². The Kier molecular flexibility index (Phi) is 2.62. The summed E-state index contributed by atoms with van der Waals surface area (Å²) in [6.07, 6.45) is -0.693. The van der Waals surface area contributed by atoms with Gasteiger partial charge in [-0.3, -0.25) is 0 Å². The van der Waals surface area contributed by atoms with Crippen molar-refractivity contribution in [2.24, 2.45) is 0 Å². The van der Waals surface area contributed by atoms with Crippen molar-refractivity contribution >= 4 is 0 Å². The largest absolute Gasteiger partial charge is 0.394 e. The molecule has 3 atom stereocenters. The molecular weight excluding hydrogens is 134 g/mol. The Morgan fingerprint density at radius 1 is 1.60 bits per heavy atom. The van der Waals surface area contributed by atoms with Crippen molar-refractivity contribution in [3.8, 4) is 0 Å². The molecule has 0 spiro atoms. The molecule has 1 aliphatic rings. The van der Waals surface area contributed by atoms with Crippen molar-refractivity contribution in [3.05, 3.63) is 0 Å². The minimum absolute atomic E-state index is 0.297. The van der Waals surface area contributed by atoms with Crippen LogP contribution in [0.15, 0.2) is 0 Å². The van der Waals surface area contributed by atoms with Crippen LogP contribution in [0.5, 0.6) is 0 Å². The molecule has 4 nitrogen and oxygen atoms in total. The molecule has 4 heteroatoms. The molecule has 0 aromatic heterocycles. The van der Waals surface area contributed by atoms with Crippen molar-refractivity contribution in [2.75, 3.05) is 13.2 Å². The fourth-order valence-corrected chi connectivity index (χ4v) is 1.22. The van der Waals surface area contributed by atoms with Crippen molar-refractivity contribution < 1.29 is 15.3 Å². The molecule has 1 rings (SSSR count). The maximum absolute atomic E-state index is 9.16. The molecule has 0 saturated carbocycles. The van der Waals surface area contributed by atoms with Crippen molar-refractivity contribution in [3.63, 3.8) is 0 Å². The number of nitrogens with one attached hydrogen (secondary N) is 1. The van der Waals surface area contributed by atoms with E-state index in [1.165, 1.54) is 0 Å². The molecule has 1 aliphatic heterocycles. The lowest BCUT2D eigenvalue weighted by Crippen LogP contribution is -2.43. The van der Waals surface area contributed by atoms with Crippen LogP contribution in [0.1, 0.15) is 6.42 Å². The van der Waals surface area contributed by atoms with Crippen molar-refractivity contribution in [1.82, 2.24) is 5.32 Å². The summed E-state index contributed by atoms with van der Waals surface area (Å²) >= 11 is 0. The van der Waals surface area contributed by atoms with Gasteiger partial charge in [0.05, 0.1) is 24.9 Å². The summed E-state index contributed by atoms with van der Waals surface area (Å²) in [5, 5.41) is 29.6. The summed E-state index contributed by atoms with van der Waals surface area (Å²) in [5.41, 5.74) is 0. The minimum Gasteiger partial charge on any atom is -0.394 e. The first kappa shape index (κ1) is 7.94. The average molecular weight is 147 g/mol. The average Bonchev–Trinajstić information content (AvgIpc) is 2.34. The van der Waals surface area contributed by atoms with E-state index in [2.05, 4.69) is 5.32 Å². The van der Waals surface area contributed by atoms with Gasteiger partial charge in [-0.25, -0.2) is 0 Å². The Morgan fingerprint density at radius 2 is 2.30 bits per heavy atom. The van der Waals surface area contributed by atoms with Crippen molar-refractivity contribution in [1.29, 1.82) is 0 Å². The summed E-state index contributed by atoms with van der Waals surface area (Å²) in [6, 6.07) is -0.343. The monoisotopic (exact) mass is 147 g/mol. The fourth-order valence-electron chi connectivity index (χ4n) is 1.22. The third kappa shape index (κ3) is 1.46. The molecular formula is C6H13NO3. The van der Waals surface area contributed by atoms with Crippen molar-refractivity contribution in [2.45, 2.75) is 24.7 Å². The normalized spacial score (nSPS) is 36.3. The van der Waals surface area contributed by atoms with Crippen LogP contribution in [0.25, 0.3) is 0 Å². The summed E-state index contributed by atoms with van der Waals surface area (Å²) in [4.78, 5) is 0. The van der Waals surface area contributed by atoms with Gasteiger partial charge in [0, 0.05) is 0 Å². The lowest BCUT2D eigenvalue weighted by atomic mass is 10.1. The topological polar surface area (TPSA) is 72.7 Å². The summed E-state index contributed by atoms with van der Waals surface area (Å²) in [7, 11) is 0. The molecule has 0 aliphatic carbocycles. The quantitative estimate of drug-likeness (QED) is 0.367. The Bertz CT molecular complexity index is 109. The Balaban J connectivity index is 2.38. The Labute approximate surface area is 59.5 Å². The zero-order chi connectivity index (χ0) is 7.56. The number of hydrogen-bond donors (Lipinski definition) is 4. The van der Waals surface area contributed by atoms with Crippen LogP contribution < -0.4 is 5.32 Å². The highest BCUT2D eigenvalue weighted by Crippen LogP contribution is 2.09. The second kappa shape index (κ2) is 3.30. The first-order chi connectivity index (χ1) is 4.75. The van der Waals surface area contributed by atoms with Crippen LogP contribution in [-0.2, 0) is 0 Å². The minimum atomic E-state index is -0.836. The second-order valence-electron chi connectivity index (χ2n) is 2.59. The molecule has 1 fully saturated rings. The van der Waals surface area contributed by atoms with E-state index in [1.54, 1.807) is 0 Å². The zero-order valence-corrected chi connectivity index (χ0v) is 5.70. The van der Waals surface area contributed by atoms with E-state index >= 15 is 0 Å². The van der Waals surface area contributed by atoms with Gasteiger partial charge < -0.3 is 20.6 Å². The molecule has 10 heavy (non-hydrogen) atoms. The smallest absolute Gasteiger partial charge is 0.0948 e. The van der Waals surface area contributed by atoms with Crippen LogP contribution in [-0.4, -0.2) is 46.7 Å². The first-order valence-electron chi connectivity index (χ1n) is 3.46. The van der Waals surface area contributed by atoms with Crippen LogP contribution in [0.3, 0.4) is 0 Å². The third-order valence-corrected chi connectivity index (χ3v) is 1.84. The summed E-state index contributed by atoms with van der Waals surface area (Å²) in [6.45, 7) is 0.414. The van der Waals surface area contributed by atoms with E-state index in [9.17, 15) is 0 Å². The Hall–Kier alpha value is -0.160. The van der Waals surface area contributed by atoms with E-state index < -0.39 is 12.2 Å². The standard InChI is InChI=1S/C6H13NO3/c8-3-5(10)6-4(9)1-2-7-6/h4-10H,1-3H2/t4-,5+,6-/m1/s1. The maximum atomic E-state index is 9.16. The van der Waals surface area contributed by atoms with Crippen LogP contribution in [0.4, 0.5) is 0 Å². The van der Waals surface area contributed by atoms with Gasteiger partial charge in [0.15, 0.2) is 0 Å². The molecule has 4 N–H and O–H groups in total. The summed E-state index contributed by atoms with van der Waals surface area (Å²) in [5.74, 6) is 0. The number of aliphatic hydroxyl groups is 3. The maximum Gasteiger partial charge on any atom is 0.0948 e. The van der Waals surface area contributed by atoms with Gasteiger partial charge >= 0.3 is 0 Å². The van der Waals surface area contributed by atoms with Gasteiger partial charge in [-0.15, -0.1) is 0 Å². The summed E-state index contributed by atoms with van der Waals surface area (Å²) < 4.78 is 0. The molecule has 1 heterocycles. The van der Waals surface area contributed by atoms with Gasteiger partial charge in [-0.2, -0.15) is 0 Å². The van der Waals surface area contributed by atoms with E-state index in [0.29, 0.717) is 13.0 Å². The molecule has 0 aromatic rings. The second-order valence-corrected chi connectivity index (χ2v) is 2.59. The van der Waals surface area contributed by atoms with Gasteiger partial charge in [-0.05, 0) is 13.0 Å². The van der Waals surface area contributed by atoms with Crippen LogP contribution in [0.2, 0.25) is 0 Å². The lowest BCUT2D eigenvalue weighted by molar-refractivity contribution is 0.0256. The highest BCUT2D eigenvalue weighted by Gasteiger charge is 2.30. The van der Waals surface area contributed by atoms with Gasteiger partial charge in [0.1, 0.15) is 0 Å². The molecule has 0 bridgehead atoms. The number of rotatable bonds is 2. The van der Waals surface area contributed by atoms with Gasteiger partial charge in [-0.1, -0.05) is 0 Å². The SMILES string of the molecule is OC[C@H](O)[C@@H]1NCC[C@H]1O. The van der Waals surface area contributed by atoms with Crippen LogP contribution in [0, 0.1) is 0 Å². The van der Waals surface area contributed by atoms with E-state index in [1.807, 2.05) is 0 Å². The van der Waals surface area contributed by atoms with E-state index in [4.69, 9.17) is 15.3 Å². The third-order valence-electron chi connectivity index (χ3n) is 1.84. The molecule has 0 radical (unpaired) electrons. The molecule has 0 aromatic carbocycles. The fraction of sp³-hybridized carbons (Fsp3) is 1.00. The first-order valence-corrected chi connectivity index (χ1v) is 3.46. The lowest BCUT2D eigenvalue weighted by Gasteiger charge is -2.18. The molecule has 1 saturated heterocycles.